The highest BCUT2D eigenvalue weighted by atomic mass is 79.9. The third-order valence-electron chi connectivity index (χ3n) is 5.37. The van der Waals surface area contributed by atoms with Gasteiger partial charge in [-0.15, -0.1) is 0 Å². The summed E-state index contributed by atoms with van der Waals surface area (Å²) in [5.74, 6) is -0.0516. The molecule has 4 heterocycles. The van der Waals surface area contributed by atoms with Crippen LogP contribution in [0.3, 0.4) is 0 Å². The maximum atomic E-state index is 13.0. The molecule has 152 valence electrons. The van der Waals surface area contributed by atoms with E-state index in [1.54, 1.807) is 30.6 Å². The minimum absolute atomic E-state index is 0.0920. The van der Waals surface area contributed by atoms with Crippen LogP contribution in [0.25, 0.3) is 11.0 Å². The minimum Gasteiger partial charge on any atom is -0.497 e. The molecule has 4 amide bonds. The monoisotopic (exact) mass is 470 g/mol. The van der Waals surface area contributed by atoms with Gasteiger partial charge in [0.15, 0.2) is 11.1 Å². The number of ether oxygens (including phenoxy) is 1. The molecule has 0 saturated carbocycles. The average molecular weight is 471 g/mol. The quantitative estimate of drug-likeness (QED) is 0.565. The van der Waals surface area contributed by atoms with Gasteiger partial charge in [0, 0.05) is 29.9 Å². The van der Waals surface area contributed by atoms with E-state index < -0.39 is 17.5 Å². The molecule has 0 spiro atoms. The number of amides is 4. The first-order valence-corrected chi connectivity index (χ1v) is 9.84. The SMILES string of the molecule is COc1ccc2c(c1)C(=O)N(C[C@@]1(c3cc4cncc(Br)c4o3)NC(=O)NC1=O)C2. The molecule has 30 heavy (non-hydrogen) atoms. The number of fused-ring (bicyclic) bond motifs is 2. The van der Waals surface area contributed by atoms with E-state index in [2.05, 4.69) is 31.5 Å². The molecule has 2 aliphatic heterocycles. The Bertz CT molecular complexity index is 1240. The molecule has 9 nitrogen and oxygen atoms in total. The van der Waals surface area contributed by atoms with E-state index in [4.69, 9.17) is 9.15 Å². The number of carbonyl (C=O) groups excluding carboxylic acids is 3. The maximum absolute atomic E-state index is 13.0. The van der Waals surface area contributed by atoms with Crippen molar-refractivity contribution in [2.45, 2.75) is 12.1 Å². The van der Waals surface area contributed by atoms with E-state index in [9.17, 15) is 14.4 Å². The Kier molecular flexibility index (Phi) is 4.07. The molecule has 0 bridgehead atoms. The van der Waals surface area contributed by atoms with Crippen LogP contribution in [0, 0.1) is 0 Å². The van der Waals surface area contributed by atoms with Crippen LogP contribution in [0.1, 0.15) is 21.7 Å². The van der Waals surface area contributed by atoms with E-state index in [0.717, 1.165) is 5.56 Å². The first-order chi connectivity index (χ1) is 14.4. The standard InChI is InChI=1S/C20H15BrN4O5/c1-29-12-3-2-10-8-25(17(26)13(10)5-12)9-20(18(27)23-19(28)24-20)15-4-11-6-22-7-14(21)16(11)30-15/h2-7H,8-9H2,1H3,(H2,23,24,27,28)/t20-/m0/s1. The van der Waals surface area contributed by atoms with Gasteiger partial charge in [-0.25, -0.2) is 4.79 Å². The summed E-state index contributed by atoms with van der Waals surface area (Å²) >= 11 is 3.37. The Morgan fingerprint density at radius 3 is 2.80 bits per heavy atom. The molecule has 2 aliphatic rings. The Morgan fingerprint density at radius 2 is 2.10 bits per heavy atom. The molecule has 10 heteroatoms. The molecule has 2 N–H and O–H groups in total. The van der Waals surface area contributed by atoms with Gasteiger partial charge in [-0.1, -0.05) is 6.07 Å². The van der Waals surface area contributed by atoms with Crippen molar-refractivity contribution in [3.63, 3.8) is 0 Å². The fourth-order valence-corrected chi connectivity index (χ4v) is 4.30. The highest BCUT2D eigenvalue weighted by molar-refractivity contribution is 9.10. The lowest BCUT2D eigenvalue weighted by Crippen LogP contribution is -2.52. The second kappa shape index (κ2) is 6.56. The predicted octanol–water partition coefficient (Wildman–Crippen LogP) is 2.29. The molecule has 1 fully saturated rings. The van der Waals surface area contributed by atoms with Crippen LogP contribution in [0.15, 0.2) is 45.5 Å². The lowest BCUT2D eigenvalue weighted by atomic mass is 9.95. The van der Waals surface area contributed by atoms with Gasteiger partial charge in [0.05, 0.1) is 18.1 Å². The normalized spacial score (nSPS) is 20.5. The van der Waals surface area contributed by atoms with Crippen molar-refractivity contribution >= 4 is 44.7 Å². The van der Waals surface area contributed by atoms with Crippen molar-refractivity contribution in [3.8, 4) is 5.75 Å². The molecule has 0 aliphatic carbocycles. The third kappa shape index (κ3) is 2.67. The number of rotatable bonds is 4. The molecule has 1 saturated heterocycles. The molecule has 1 aromatic carbocycles. The van der Waals surface area contributed by atoms with Crippen LogP contribution in [0.2, 0.25) is 0 Å². The summed E-state index contributed by atoms with van der Waals surface area (Å²) < 4.78 is 11.8. The molecular weight excluding hydrogens is 456 g/mol. The Labute approximate surface area is 178 Å². The maximum Gasteiger partial charge on any atom is 0.322 e. The molecule has 0 unspecified atom stereocenters. The summed E-state index contributed by atoms with van der Waals surface area (Å²) in [6.07, 6.45) is 3.17. The predicted molar refractivity (Wildman–Crippen MR) is 108 cm³/mol. The number of benzene rings is 1. The number of carbonyl (C=O) groups is 3. The number of urea groups is 1. The van der Waals surface area contributed by atoms with Crippen molar-refractivity contribution in [3.05, 3.63) is 58.0 Å². The highest BCUT2D eigenvalue weighted by Crippen LogP contribution is 2.36. The number of nitrogens with one attached hydrogen (secondary N) is 2. The van der Waals surface area contributed by atoms with Crippen LogP contribution in [-0.2, 0) is 16.9 Å². The van der Waals surface area contributed by atoms with Crippen LogP contribution in [-0.4, -0.2) is 41.4 Å². The topological polar surface area (TPSA) is 114 Å². The lowest BCUT2D eigenvalue weighted by molar-refractivity contribution is -0.125. The van der Waals surface area contributed by atoms with Crippen molar-refractivity contribution in [1.82, 2.24) is 20.5 Å². The fraction of sp³-hybridized carbons (Fsp3) is 0.200. The summed E-state index contributed by atoms with van der Waals surface area (Å²) in [5, 5.41) is 5.58. The van der Waals surface area contributed by atoms with Crippen molar-refractivity contribution < 1.29 is 23.5 Å². The smallest absolute Gasteiger partial charge is 0.322 e. The zero-order valence-electron chi connectivity index (χ0n) is 15.7. The number of hydrogen-bond donors (Lipinski definition) is 2. The van der Waals surface area contributed by atoms with E-state index in [0.29, 0.717) is 33.3 Å². The van der Waals surface area contributed by atoms with Gasteiger partial charge in [-0.3, -0.25) is 19.9 Å². The summed E-state index contributed by atoms with van der Waals surface area (Å²) in [6.45, 7) is 0.208. The molecule has 5 rings (SSSR count). The van der Waals surface area contributed by atoms with E-state index in [1.165, 1.54) is 12.0 Å². The molecule has 3 aromatic rings. The molecule has 1 atom stereocenters. The van der Waals surface area contributed by atoms with Crippen LogP contribution in [0.5, 0.6) is 5.75 Å². The summed E-state index contributed by atoms with van der Waals surface area (Å²) in [7, 11) is 1.53. The molecule has 2 aromatic heterocycles. The highest BCUT2D eigenvalue weighted by Gasteiger charge is 2.53. The van der Waals surface area contributed by atoms with Crippen molar-refractivity contribution in [2.75, 3.05) is 13.7 Å². The second-order valence-electron chi connectivity index (χ2n) is 7.15. The van der Waals surface area contributed by atoms with E-state index in [1.807, 2.05) is 6.07 Å². The first kappa shape index (κ1) is 18.6. The number of hydrogen-bond acceptors (Lipinski definition) is 6. The first-order valence-electron chi connectivity index (χ1n) is 9.04. The number of halogens is 1. The summed E-state index contributed by atoms with van der Waals surface area (Å²) in [5.41, 5.74) is 0.259. The van der Waals surface area contributed by atoms with Gasteiger partial charge in [0.2, 0.25) is 0 Å². The Balaban J connectivity index is 1.56. The van der Waals surface area contributed by atoms with Crippen LogP contribution in [0.4, 0.5) is 4.79 Å². The Morgan fingerprint density at radius 1 is 1.27 bits per heavy atom. The van der Waals surface area contributed by atoms with Crippen molar-refractivity contribution in [2.24, 2.45) is 0 Å². The largest absolute Gasteiger partial charge is 0.497 e. The van der Waals surface area contributed by atoms with E-state index in [-0.39, 0.29) is 18.2 Å². The number of imide groups is 1. The average Bonchev–Trinajstić information content (AvgIpc) is 3.38. The third-order valence-corrected chi connectivity index (χ3v) is 5.93. The summed E-state index contributed by atoms with van der Waals surface area (Å²) in [6, 6.07) is 6.26. The van der Waals surface area contributed by atoms with Gasteiger partial charge in [0.25, 0.3) is 11.8 Å². The molecular formula is C20H15BrN4O5. The summed E-state index contributed by atoms with van der Waals surface area (Å²) in [4.78, 5) is 43.6. The fourth-order valence-electron chi connectivity index (χ4n) is 3.88. The van der Waals surface area contributed by atoms with Crippen molar-refractivity contribution in [1.29, 1.82) is 0 Å². The van der Waals surface area contributed by atoms with Crippen LogP contribution >= 0.6 is 15.9 Å². The number of furan rings is 1. The lowest BCUT2D eigenvalue weighted by Gasteiger charge is -2.29. The second-order valence-corrected chi connectivity index (χ2v) is 8.00. The zero-order chi connectivity index (χ0) is 21.0. The van der Waals surface area contributed by atoms with Gasteiger partial charge < -0.3 is 19.4 Å². The zero-order valence-corrected chi connectivity index (χ0v) is 17.3. The minimum atomic E-state index is -1.56. The van der Waals surface area contributed by atoms with Gasteiger partial charge in [-0.2, -0.15) is 0 Å². The number of aromatic nitrogens is 1. The van der Waals surface area contributed by atoms with Gasteiger partial charge in [-0.05, 0) is 39.7 Å². The number of methoxy groups -OCH3 is 1. The van der Waals surface area contributed by atoms with Crippen LogP contribution < -0.4 is 15.4 Å². The number of pyridine rings is 1. The Hall–Kier alpha value is -3.40. The van der Waals surface area contributed by atoms with Gasteiger partial charge >= 0.3 is 6.03 Å². The molecule has 0 radical (unpaired) electrons. The van der Waals surface area contributed by atoms with E-state index >= 15 is 0 Å². The number of nitrogens with zero attached hydrogens (tertiary/aromatic N) is 2. The van der Waals surface area contributed by atoms with Gasteiger partial charge in [0.1, 0.15) is 11.5 Å².